The maximum Gasteiger partial charge on any atom is 0.276 e. The van der Waals surface area contributed by atoms with Crippen molar-refractivity contribution in [2.24, 2.45) is 0 Å². The Bertz CT molecular complexity index is 912. The highest BCUT2D eigenvalue weighted by atomic mass is 35.5. The van der Waals surface area contributed by atoms with Gasteiger partial charge in [0.25, 0.3) is 5.91 Å². The molecule has 2 N–H and O–H groups in total. The molecule has 0 fully saturated rings. The first-order chi connectivity index (χ1) is 12.5. The van der Waals surface area contributed by atoms with Crippen molar-refractivity contribution in [2.45, 2.75) is 6.92 Å². The van der Waals surface area contributed by atoms with Crippen LogP contribution in [-0.2, 0) is 0 Å². The molecule has 0 aliphatic heterocycles. The molecule has 0 atom stereocenters. The van der Waals surface area contributed by atoms with Crippen LogP contribution in [0.4, 0.5) is 17.2 Å². The van der Waals surface area contributed by atoms with E-state index in [9.17, 15) is 4.79 Å². The Kier molecular flexibility index (Phi) is 5.34. The molecule has 3 aromatic rings. The highest BCUT2D eigenvalue weighted by molar-refractivity contribution is 6.31. The van der Waals surface area contributed by atoms with Gasteiger partial charge in [-0.05, 0) is 61.0 Å². The van der Waals surface area contributed by atoms with Crippen LogP contribution in [-0.4, -0.2) is 23.2 Å². The fourth-order valence-electron chi connectivity index (χ4n) is 2.26. The van der Waals surface area contributed by atoms with Crippen LogP contribution in [0, 0.1) is 6.92 Å². The first kappa shape index (κ1) is 17.7. The number of amides is 1. The third-order valence-corrected chi connectivity index (χ3v) is 3.94. The van der Waals surface area contributed by atoms with Crippen LogP contribution in [0.5, 0.6) is 5.75 Å². The Hall–Kier alpha value is -3.12. The molecule has 0 bridgehead atoms. The SMILES string of the molecule is COc1ccc(Nc2ccc(C(=O)Nc3cc(Cl)ccc3C)nn2)cc1. The van der Waals surface area contributed by atoms with E-state index in [4.69, 9.17) is 16.3 Å². The summed E-state index contributed by atoms with van der Waals surface area (Å²) in [6.45, 7) is 1.89. The largest absolute Gasteiger partial charge is 0.497 e. The maximum atomic E-state index is 12.3. The number of rotatable bonds is 5. The molecular weight excluding hydrogens is 352 g/mol. The lowest BCUT2D eigenvalue weighted by atomic mass is 10.2. The summed E-state index contributed by atoms with van der Waals surface area (Å²) in [4.78, 5) is 12.3. The van der Waals surface area contributed by atoms with Crippen molar-refractivity contribution in [3.05, 3.63) is 70.9 Å². The molecule has 0 unspecified atom stereocenters. The molecule has 6 nitrogen and oxygen atoms in total. The summed E-state index contributed by atoms with van der Waals surface area (Å²) >= 11 is 5.97. The fraction of sp³-hybridized carbons (Fsp3) is 0.105. The first-order valence-corrected chi connectivity index (χ1v) is 8.25. The molecule has 2 aromatic carbocycles. The number of ether oxygens (including phenoxy) is 1. The molecule has 0 saturated heterocycles. The zero-order valence-corrected chi connectivity index (χ0v) is 15.0. The molecular formula is C19H17ClN4O2. The fourth-order valence-corrected chi connectivity index (χ4v) is 2.43. The van der Waals surface area contributed by atoms with Gasteiger partial charge >= 0.3 is 0 Å². The minimum absolute atomic E-state index is 0.213. The van der Waals surface area contributed by atoms with Gasteiger partial charge < -0.3 is 15.4 Å². The minimum atomic E-state index is -0.348. The number of nitrogens with zero attached hydrogens (tertiary/aromatic N) is 2. The van der Waals surface area contributed by atoms with E-state index in [1.807, 2.05) is 37.3 Å². The molecule has 0 spiro atoms. The Morgan fingerprint density at radius 1 is 1.04 bits per heavy atom. The summed E-state index contributed by atoms with van der Waals surface area (Å²) in [7, 11) is 1.61. The van der Waals surface area contributed by atoms with Gasteiger partial charge in [0.2, 0.25) is 0 Å². The molecule has 7 heteroatoms. The smallest absolute Gasteiger partial charge is 0.276 e. The second kappa shape index (κ2) is 7.84. The van der Waals surface area contributed by atoms with E-state index >= 15 is 0 Å². The molecule has 132 valence electrons. The number of aryl methyl sites for hydroxylation is 1. The van der Waals surface area contributed by atoms with Crippen LogP contribution in [0.2, 0.25) is 5.02 Å². The standard InChI is InChI=1S/C19H17ClN4O2/c1-12-3-4-13(20)11-17(12)22-19(25)16-9-10-18(24-23-16)21-14-5-7-15(26-2)8-6-14/h3-11H,1-2H3,(H,21,24)(H,22,25). The Morgan fingerprint density at radius 3 is 2.46 bits per heavy atom. The topological polar surface area (TPSA) is 76.1 Å². The van der Waals surface area contributed by atoms with Crippen molar-refractivity contribution in [2.75, 3.05) is 17.7 Å². The number of carbonyl (C=O) groups is 1. The molecule has 1 aromatic heterocycles. The summed E-state index contributed by atoms with van der Waals surface area (Å²) in [6.07, 6.45) is 0. The van der Waals surface area contributed by atoms with E-state index < -0.39 is 0 Å². The lowest BCUT2D eigenvalue weighted by Crippen LogP contribution is -2.15. The van der Waals surface area contributed by atoms with Crippen molar-refractivity contribution in [3.8, 4) is 5.75 Å². The van der Waals surface area contributed by atoms with Gasteiger partial charge in [-0.25, -0.2) is 0 Å². The number of nitrogens with one attached hydrogen (secondary N) is 2. The molecule has 1 heterocycles. The molecule has 26 heavy (non-hydrogen) atoms. The van der Waals surface area contributed by atoms with Gasteiger partial charge in [-0.2, -0.15) is 0 Å². The number of benzene rings is 2. The van der Waals surface area contributed by atoms with Crippen molar-refractivity contribution in [1.82, 2.24) is 10.2 Å². The van der Waals surface area contributed by atoms with Gasteiger partial charge in [-0.1, -0.05) is 17.7 Å². The lowest BCUT2D eigenvalue weighted by Gasteiger charge is -2.09. The molecule has 0 saturated carbocycles. The Balaban J connectivity index is 1.68. The molecule has 0 aliphatic carbocycles. The summed E-state index contributed by atoms with van der Waals surface area (Å²) in [5.41, 5.74) is 2.61. The van der Waals surface area contributed by atoms with Crippen molar-refractivity contribution in [1.29, 1.82) is 0 Å². The minimum Gasteiger partial charge on any atom is -0.497 e. The molecule has 3 rings (SSSR count). The summed E-state index contributed by atoms with van der Waals surface area (Å²) in [6, 6.07) is 16.0. The number of hydrogen-bond acceptors (Lipinski definition) is 5. The number of hydrogen-bond donors (Lipinski definition) is 2. The second-order valence-corrected chi connectivity index (χ2v) is 6.01. The van der Waals surface area contributed by atoms with Gasteiger partial charge in [0.15, 0.2) is 11.5 Å². The van der Waals surface area contributed by atoms with Gasteiger partial charge in [0, 0.05) is 16.4 Å². The van der Waals surface area contributed by atoms with E-state index in [0.29, 0.717) is 16.5 Å². The van der Waals surface area contributed by atoms with Crippen molar-refractivity contribution in [3.63, 3.8) is 0 Å². The number of carbonyl (C=O) groups excluding carboxylic acids is 1. The second-order valence-electron chi connectivity index (χ2n) is 5.57. The summed E-state index contributed by atoms with van der Waals surface area (Å²) in [5.74, 6) is 0.953. The van der Waals surface area contributed by atoms with Gasteiger partial charge in [-0.15, -0.1) is 10.2 Å². The van der Waals surface area contributed by atoms with Gasteiger partial charge in [0.1, 0.15) is 5.75 Å². The first-order valence-electron chi connectivity index (χ1n) is 7.87. The Labute approximate surface area is 156 Å². The van der Waals surface area contributed by atoms with Crippen LogP contribution in [0.1, 0.15) is 16.1 Å². The van der Waals surface area contributed by atoms with Crippen LogP contribution in [0.15, 0.2) is 54.6 Å². The zero-order chi connectivity index (χ0) is 18.5. The third-order valence-electron chi connectivity index (χ3n) is 3.71. The number of anilines is 3. The van der Waals surface area contributed by atoms with E-state index in [0.717, 1.165) is 17.0 Å². The highest BCUT2D eigenvalue weighted by Gasteiger charge is 2.10. The number of methoxy groups -OCH3 is 1. The van der Waals surface area contributed by atoms with Crippen LogP contribution in [0.3, 0.4) is 0 Å². The monoisotopic (exact) mass is 368 g/mol. The van der Waals surface area contributed by atoms with Crippen LogP contribution >= 0.6 is 11.6 Å². The van der Waals surface area contributed by atoms with Gasteiger partial charge in [0.05, 0.1) is 7.11 Å². The van der Waals surface area contributed by atoms with Crippen LogP contribution < -0.4 is 15.4 Å². The molecule has 0 radical (unpaired) electrons. The summed E-state index contributed by atoms with van der Waals surface area (Å²) in [5, 5.41) is 14.5. The van der Waals surface area contributed by atoms with Crippen LogP contribution in [0.25, 0.3) is 0 Å². The maximum absolute atomic E-state index is 12.3. The Morgan fingerprint density at radius 2 is 1.81 bits per heavy atom. The van der Waals surface area contributed by atoms with Crippen molar-refractivity contribution >= 4 is 34.7 Å². The van der Waals surface area contributed by atoms with E-state index in [1.54, 1.807) is 31.4 Å². The number of aromatic nitrogens is 2. The number of halogens is 1. The van der Waals surface area contributed by atoms with E-state index in [2.05, 4.69) is 20.8 Å². The predicted octanol–water partition coefficient (Wildman–Crippen LogP) is 4.44. The predicted molar refractivity (Wildman–Crippen MR) is 102 cm³/mol. The lowest BCUT2D eigenvalue weighted by molar-refractivity contribution is 0.102. The summed E-state index contributed by atoms with van der Waals surface area (Å²) < 4.78 is 5.12. The van der Waals surface area contributed by atoms with Gasteiger partial charge in [-0.3, -0.25) is 4.79 Å². The molecule has 0 aliphatic rings. The van der Waals surface area contributed by atoms with E-state index in [-0.39, 0.29) is 11.6 Å². The van der Waals surface area contributed by atoms with Crippen molar-refractivity contribution < 1.29 is 9.53 Å². The zero-order valence-electron chi connectivity index (χ0n) is 14.3. The quantitative estimate of drug-likeness (QED) is 0.696. The highest BCUT2D eigenvalue weighted by Crippen LogP contribution is 2.21. The third kappa shape index (κ3) is 4.29. The molecule has 1 amide bonds. The van der Waals surface area contributed by atoms with E-state index in [1.165, 1.54) is 0 Å². The average molecular weight is 369 g/mol. The normalized spacial score (nSPS) is 10.3. The average Bonchev–Trinajstić information content (AvgIpc) is 2.66.